The molecule has 0 radical (unpaired) electrons. The van der Waals surface area contributed by atoms with Gasteiger partial charge in [0.1, 0.15) is 5.15 Å². The van der Waals surface area contributed by atoms with Crippen LogP contribution in [0.4, 0.5) is 5.82 Å². The third-order valence-electron chi connectivity index (χ3n) is 2.56. The van der Waals surface area contributed by atoms with Gasteiger partial charge >= 0.3 is 0 Å². The van der Waals surface area contributed by atoms with Crippen LogP contribution in [0.5, 0.6) is 0 Å². The maximum Gasteiger partial charge on any atom is 0.232 e. The molecular formula is C13H12ClN3O. The average Bonchev–Trinajstić information content (AvgIpc) is 2.41. The van der Waals surface area contributed by atoms with Gasteiger partial charge in [0.25, 0.3) is 0 Å². The lowest BCUT2D eigenvalue weighted by atomic mass is 10.0. The summed E-state index contributed by atoms with van der Waals surface area (Å²) in [7, 11) is 0. The van der Waals surface area contributed by atoms with Crippen molar-refractivity contribution in [1.82, 2.24) is 9.97 Å². The lowest BCUT2D eigenvalue weighted by Gasteiger charge is -2.11. The second-order valence-corrected chi connectivity index (χ2v) is 4.23. The monoisotopic (exact) mass is 261 g/mol. The highest BCUT2D eigenvalue weighted by molar-refractivity contribution is 6.29. The molecule has 2 rings (SSSR count). The van der Waals surface area contributed by atoms with E-state index < -0.39 is 0 Å². The molecular weight excluding hydrogens is 250 g/mol. The van der Waals surface area contributed by atoms with Gasteiger partial charge in [-0.2, -0.15) is 0 Å². The van der Waals surface area contributed by atoms with Gasteiger partial charge in [0.2, 0.25) is 5.91 Å². The van der Waals surface area contributed by atoms with Crippen LogP contribution in [0, 0.1) is 0 Å². The maximum atomic E-state index is 12.0. The Hall–Kier alpha value is -1.94. The van der Waals surface area contributed by atoms with Crippen molar-refractivity contribution in [3.05, 3.63) is 53.4 Å². The Bertz CT molecular complexity index is 528. The van der Waals surface area contributed by atoms with E-state index in [9.17, 15) is 4.79 Å². The fraction of sp³-hybridized carbons (Fsp3) is 0.154. The smallest absolute Gasteiger partial charge is 0.232 e. The number of amides is 1. The first-order chi connectivity index (χ1) is 8.66. The predicted octanol–water partition coefficient (Wildman–Crippen LogP) is 2.87. The summed E-state index contributed by atoms with van der Waals surface area (Å²) >= 11 is 5.62. The van der Waals surface area contributed by atoms with Crippen LogP contribution in [0.2, 0.25) is 5.15 Å². The van der Waals surface area contributed by atoms with Crippen LogP contribution < -0.4 is 5.32 Å². The molecule has 2 aromatic rings. The SMILES string of the molecule is CC(C(=O)Nc1cnc(Cl)cn1)c1ccccc1. The van der Waals surface area contributed by atoms with E-state index in [1.807, 2.05) is 37.3 Å². The van der Waals surface area contributed by atoms with E-state index in [2.05, 4.69) is 15.3 Å². The molecule has 18 heavy (non-hydrogen) atoms. The molecule has 4 nitrogen and oxygen atoms in total. The van der Waals surface area contributed by atoms with E-state index in [1.54, 1.807) is 0 Å². The summed E-state index contributed by atoms with van der Waals surface area (Å²) in [5, 5.41) is 2.99. The van der Waals surface area contributed by atoms with Crippen molar-refractivity contribution in [3.8, 4) is 0 Å². The highest BCUT2D eigenvalue weighted by Gasteiger charge is 2.15. The summed E-state index contributed by atoms with van der Waals surface area (Å²) < 4.78 is 0. The Kier molecular flexibility index (Phi) is 3.89. The predicted molar refractivity (Wildman–Crippen MR) is 70.5 cm³/mol. The van der Waals surface area contributed by atoms with Crippen molar-refractivity contribution in [2.24, 2.45) is 0 Å². The Morgan fingerprint density at radius 1 is 1.22 bits per heavy atom. The van der Waals surface area contributed by atoms with Gasteiger partial charge in [0.15, 0.2) is 5.82 Å². The Balaban J connectivity index is 2.06. The normalized spacial score (nSPS) is 11.9. The summed E-state index contributed by atoms with van der Waals surface area (Å²) in [6.45, 7) is 1.84. The number of benzene rings is 1. The van der Waals surface area contributed by atoms with Crippen LogP contribution in [0.3, 0.4) is 0 Å². The van der Waals surface area contributed by atoms with Crippen LogP contribution in [0.15, 0.2) is 42.7 Å². The summed E-state index contributed by atoms with van der Waals surface area (Å²) in [5.41, 5.74) is 0.955. The minimum absolute atomic E-state index is 0.127. The highest BCUT2D eigenvalue weighted by Crippen LogP contribution is 2.16. The zero-order valence-electron chi connectivity index (χ0n) is 9.80. The highest BCUT2D eigenvalue weighted by atomic mass is 35.5. The Morgan fingerprint density at radius 2 is 1.94 bits per heavy atom. The Labute approximate surface area is 110 Å². The first-order valence-electron chi connectivity index (χ1n) is 5.50. The number of rotatable bonds is 3. The first kappa shape index (κ1) is 12.5. The fourth-order valence-corrected chi connectivity index (χ4v) is 1.60. The number of halogens is 1. The molecule has 0 aliphatic carbocycles. The molecule has 92 valence electrons. The molecule has 1 unspecified atom stereocenters. The quantitative estimate of drug-likeness (QED) is 0.924. The first-order valence-corrected chi connectivity index (χ1v) is 5.88. The number of nitrogens with one attached hydrogen (secondary N) is 1. The van der Waals surface area contributed by atoms with E-state index in [0.29, 0.717) is 11.0 Å². The van der Waals surface area contributed by atoms with Crippen molar-refractivity contribution in [3.63, 3.8) is 0 Å². The Morgan fingerprint density at radius 3 is 2.56 bits per heavy atom. The molecule has 0 fully saturated rings. The average molecular weight is 262 g/mol. The molecule has 0 saturated heterocycles. The minimum atomic E-state index is -0.247. The van der Waals surface area contributed by atoms with E-state index in [1.165, 1.54) is 12.4 Å². The van der Waals surface area contributed by atoms with E-state index >= 15 is 0 Å². The molecule has 1 amide bonds. The number of nitrogens with zero attached hydrogens (tertiary/aromatic N) is 2. The molecule has 0 saturated carbocycles. The number of hydrogen-bond acceptors (Lipinski definition) is 3. The van der Waals surface area contributed by atoms with Crippen molar-refractivity contribution in [2.75, 3.05) is 5.32 Å². The fourth-order valence-electron chi connectivity index (χ4n) is 1.50. The van der Waals surface area contributed by atoms with Crippen molar-refractivity contribution in [2.45, 2.75) is 12.8 Å². The molecule has 1 aromatic carbocycles. The second-order valence-electron chi connectivity index (χ2n) is 3.85. The van der Waals surface area contributed by atoms with Crippen LogP contribution in [-0.2, 0) is 4.79 Å². The van der Waals surface area contributed by atoms with Gasteiger partial charge in [-0.25, -0.2) is 9.97 Å². The standard InChI is InChI=1S/C13H12ClN3O/c1-9(10-5-3-2-4-6-10)13(18)17-12-8-15-11(14)7-16-12/h2-9H,1H3,(H,16,17,18). The number of hydrogen-bond donors (Lipinski definition) is 1. The zero-order valence-corrected chi connectivity index (χ0v) is 10.6. The van der Waals surface area contributed by atoms with Crippen molar-refractivity contribution >= 4 is 23.3 Å². The number of anilines is 1. The summed E-state index contributed by atoms with van der Waals surface area (Å²) in [6.07, 6.45) is 2.82. The van der Waals surface area contributed by atoms with Gasteiger partial charge in [0.05, 0.1) is 18.3 Å². The van der Waals surface area contributed by atoms with E-state index in [-0.39, 0.29) is 11.8 Å². The topological polar surface area (TPSA) is 54.9 Å². The number of aromatic nitrogens is 2. The lowest BCUT2D eigenvalue weighted by molar-refractivity contribution is -0.117. The van der Waals surface area contributed by atoms with Crippen molar-refractivity contribution in [1.29, 1.82) is 0 Å². The molecule has 1 atom stereocenters. The van der Waals surface area contributed by atoms with Crippen molar-refractivity contribution < 1.29 is 4.79 Å². The number of carbonyl (C=O) groups excluding carboxylic acids is 1. The molecule has 1 aromatic heterocycles. The van der Waals surface area contributed by atoms with Crippen LogP contribution in [-0.4, -0.2) is 15.9 Å². The number of carbonyl (C=O) groups is 1. The van der Waals surface area contributed by atoms with Gasteiger partial charge < -0.3 is 5.32 Å². The molecule has 1 N–H and O–H groups in total. The summed E-state index contributed by atoms with van der Waals surface area (Å²) in [5.74, 6) is 0.0219. The van der Waals surface area contributed by atoms with Crippen LogP contribution in [0.1, 0.15) is 18.4 Å². The third-order valence-corrected chi connectivity index (χ3v) is 2.76. The molecule has 0 aliphatic heterocycles. The van der Waals surface area contributed by atoms with E-state index in [0.717, 1.165) is 5.56 Å². The van der Waals surface area contributed by atoms with Crippen LogP contribution in [0.25, 0.3) is 0 Å². The second kappa shape index (κ2) is 5.60. The summed E-state index contributed by atoms with van der Waals surface area (Å²) in [4.78, 5) is 19.8. The van der Waals surface area contributed by atoms with Gasteiger partial charge in [-0.15, -0.1) is 0 Å². The van der Waals surface area contributed by atoms with Crippen LogP contribution >= 0.6 is 11.6 Å². The molecule has 1 heterocycles. The van der Waals surface area contributed by atoms with Gasteiger partial charge in [-0.05, 0) is 12.5 Å². The maximum absolute atomic E-state index is 12.0. The minimum Gasteiger partial charge on any atom is -0.309 e. The zero-order chi connectivity index (χ0) is 13.0. The molecule has 5 heteroatoms. The molecule has 0 bridgehead atoms. The third kappa shape index (κ3) is 3.05. The molecule has 0 spiro atoms. The lowest BCUT2D eigenvalue weighted by Crippen LogP contribution is -2.19. The van der Waals surface area contributed by atoms with Gasteiger partial charge in [-0.3, -0.25) is 4.79 Å². The van der Waals surface area contributed by atoms with E-state index in [4.69, 9.17) is 11.6 Å². The largest absolute Gasteiger partial charge is 0.309 e. The van der Waals surface area contributed by atoms with Gasteiger partial charge in [0, 0.05) is 0 Å². The summed E-state index contributed by atoms with van der Waals surface area (Å²) in [6, 6.07) is 9.55. The molecule has 0 aliphatic rings. The van der Waals surface area contributed by atoms with Gasteiger partial charge in [-0.1, -0.05) is 41.9 Å².